The van der Waals surface area contributed by atoms with Crippen LogP contribution in [0.4, 0.5) is 0 Å². The maximum absolute atomic E-state index is 13.6. The Hall–Kier alpha value is -3.92. The van der Waals surface area contributed by atoms with Crippen molar-refractivity contribution in [3.05, 3.63) is 65.7 Å². The van der Waals surface area contributed by atoms with Crippen molar-refractivity contribution in [2.75, 3.05) is 13.1 Å². The minimum absolute atomic E-state index is 0.126. The van der Waals surface area contributed by atoms with Crippen LogP contribution in [0.3, 0.4) is 0 Å². The third-order valence-electron chi connectivity index (χ3n) is 7.31. The fourth-order valence-corrected chi connectivity index (χ4v) is 5.33. The van der Waals surface area contributed by atoms with E-state index in [1.165, 1.54) is 21.9 Å². The molecular formula is C28H35N5O5. The molecule has 4 rings (SSSR count). The molecule has 10 nitrogen and oxygen atoms in total. The zero-order chi connectivity index (χ0) is 27.2. The van der Waals surface area contributed by atoms with Gasteiger partial charge in [0.2, 0.25) is 23.6 Å². The van der Waals surface area contributed by atoms with Crippen LogP contribution in [-0.2, 0) is 32.0 Å². The Labute approximate surface area is 222 Å². The van der Waals surface area contributed by atoms with Crippen molar-refractivity contribution in [3.63, 3.8) is 0 Å². The average molecular weight is 522 g/mol. The van der Waals surface area contributed by atoms with Crippen LogP contribution in [0.2, 0.25) is 0 Å². The predicted octanol–water partition coefficient (Wildman–Crippen LogP) is 0.457. The van der Waals surface area contributed by atoms with Gasteiger partial charge in [0.25, 0.3) is 0 Å². The van der Waals surface area contributed by atoms with Gasteiger partial charge in [-0.2, -0.15) is 0 Å². The Kier molecular flexibility index (Phi) is 8.62. The molecule has 202 valence electrons. The molecule has 2 aliphatic heterocycles. The Bertz CT molecular complexity index is 1160. The number of nitrogens with zero attached hydrogens (tertiary/aromatic N) is 2. The van der Waals surface area contributed by atoms with Crippen LogP contribution in [0.15, 0.2) is 54.6 Å². The van der Waals surface area contributed by atoms with Crippen molar-refractivity contribution in [1.29, 1.82) is 0 Å². The molecule has 0 spiro atoms. The van der Waals surface area contributed by atoms with Crippen LogP contribution in [0.5, 0.6) is 5.75 Å². The first-order valence-electron chi connectivity index (χ1n) is 13.0. The number of aromatic hydroxyl groups is 1. The standard InChI is InChI=1S/C28H35N5O5/c29-21(16-19-10-12-20(34)13-11-19)27(37)33-15-5-9-24(33)26(36)31-22(17-18-6-2-1-3-7-18)28(38)32-14-4-8-23(32)25(30)35/h1-3,6-7,10-13,21-24,34H,4-5,8-9,14-17,29H2,(H2,30,35)(H,31,36)/t21-,22-,23-,24+/m0/s1. The SMILES string of the molecule is NC(=O)[C@@H]1CCCN1C(=O)[C@H](Cc1ccccc1)NC(=O)[C@H]1CCCN1C(=O)[C@@H](N)Cc1ccc(O)cc1. The van der Waals surface area contributed by atoms with E-state index in [1.807, 2.05) is 30.3 Å². The van der Waals surface area contributed by atoms with E-state index in [0.717, 1.165) is 11.1 Å². The van der Waals surface area contributed by atoms with E-state index in [-0.39, 0.29) is 30.4 Å². The summed E-state index contributed by atoms with van der Waals surface area (Å²) in [6.45, 7) is 0.793. The molecule has 4 amide bonds. The largest absolute Gasteiger partial charge is 0.508 e. The summed E-state index contributed by atoms with van der Waals surface area (Å²) in [5.74, 6) is -1.55. The summed E-state index contributed by atoms with van der Waals surface area (Å²) in [7, 11) is 0. The number of nitrogens with one attached hydrogen (secondary N) is 1. The summed E-state index contributed by atoms with van der Waals surface area (Å²) >= 11 is 0. The van der Waals surface area contributed by atoms with Crippen LogP contribution < -0.4 is 16.8 Å². The maximum Gasteiger partial charge on any atom is 0.246 e. The second-order valence-corrected chi connectivity index (χ2v) is 10.0. The lowest BCUT2D eigenvalue weighted by Gasteiger charge is -2.31. The van der Waals surface area contributed by atoms with Gasteiger partial charge in [-0.1, -0.05) is 42.5 Å². The Morgan fingerprint density at radius 3 is 2.05 bits per heavy atom. The number of carbonyl (C=O) groups excluding carboxylic acids is 4. The Morgan fingerprint density at radius 1 is 0.842 bits per heavy atom. The van der Waals surface area contributed by atoms with Gasteiger partial charge in [-0.15, -0.1) is 0 Å². The molecule has 0 saturated carbocycles. The molecule has 4 atom stereocenters. The van der Waals surface area contributed by atoms with Crippen molar-refractivity contribution in [3.8, 4) is 5.75 Å². The molecular weight excluding hydrogens is 486 g/mol. The van der Waals surface area contributed by atoms with Gasteiger partial charge in [0.1, 0.15) is 23.9 Å². The van der Waals surface area contributed by atoms with Crippen LogP contribution in [-0.4, -0.2) is 75.8 Å². The number of carbonyl (C=O) groups is 4. The first kappa shape index (κ1) is 27.1. The minimum Gasteiger partial charge on any atom is -0.508 e. The third-order valence-corrected chi connectivity index (χ3v) is 7.31. The number of primary amides is 1. The van der Waals surface area contributed by atoms with Gasteiger partial charge >= 0.3 is 0 Å². The normalized spacial score (nSPS) is 20.7. The van der Waals surface area contributed by atoms with E-state index in [2.05, 4.69) is 5.32 Å². The summed E-state index contributed by atoms with van der Waals surface area (Å²) in [6, 6.07) is 12.6. The molecule has 0 radical (unpaired) electrons. The predicted molar refractivity (Wildman–Crippen MR) is 141 cm³/mol. The molecule has 10 heteroatoms. The highest BCUT2D eigenvalue weighted by atomic mass is 16.3. The highest BCUT2D eigenvalue weighted by molar-refractivity contribution is 5.95. The average Bonchev–Trinajstić information content (AvgIpc) is 3.60. The monoisotopic (exact) mass is 521 g/mol. The molecule has 2 heterocycles. The number of nitrogens with two attached hydrogens (primary N) is 2. The van der Waals surface area contributed by atoms with E-state index < -0.39 is 36.0 Å². The summed E-state index contributed by atoms with van der Waals surface area (Å²) in [5.41, 5.74) is 13.4. The highest BCUT2D eigenvalue weighted by Gasteiger charge is 2.40. The lowest BCUT2D eigenvalue weighted by Crippen LogP contribution is -2.57. The van der Waals surface area contributed by atoms with Gasteiger partial charge < -0.3 is 31.7 Å². The molecule has 0 unspecified atom stereocenters. The van der Waals surface area contributed by atoms with Crippen LogP contribution in [0.1, 0.15) is 36.8 Å². The first-order valence-corrected chi connectivity index (χ1v) is 13.0. The first-order chi connectivity index (χ1) is 18.2. The second kappa shape index (κ2) is 12.1. The summed E-state index contributed by atoms with van der Waals surface area (Å²) in [6.07, 6.45) is 2.77. The lowest BCUT2D eigenvalue weighted by molar-refractivity contribution is -0.143. The molecule has 6 N–H and O–H groups in total. The molecule has 2 aromatic rings. The zero-order valence-electron chi connectivity index (χ0n) is 21.3. The van der Waals surface area contributed by atoms with E-state index >= 15 is 0 Å². The van der Waals surface area contributed by atoms with E-state index in [0.29, 0.717) is 38.8 Å². The summed E-state index contributed by atoms with van der Waals surface area (Å²) < 4.78 is 0. The number of benzene rings is 2. The van der Waals surface area contributed by atoms with Gasteiger partial charge in [-0.25, -0.2) is 0 Å². The number of rotatable bonds is 9. The van der Waals surface area contributed by atoms with Crippen molar-refractivity contribution in [2.24, 2.45) is 11.5 Å². The molecule has 0 aliphatic carbocycles. The molecule has 2 aromatic carbocycles. The van der Waals surface area contributed by atoms with Crippen LogP contribution >= 0.6 is 0 Å². The van der Waals surface area contributed by atoms with Gasteiger partial charge in [0.15, 0.2) is 0 Å². The molecule has 0 aromatic heterocycles. The topological polar surface area (TPSA) is 159 Å². The quantitative estimate of drug-likeness (QED) is 0.375. The Balaban J connectivity index is 1.47. The zero-order valence-corrected chi connectivity index (χ0v) is 21.3. The fourth-order valence-electron chi connectivity index (χ4n) is 5.33. The minimum atomic E-state index is -0.909. The van der Waals surface area contributed by atoms with Crippen LogP contribution in [0, 0.1) is 0 Å². The van der Waals surface area contributed by atoms with Crippen molar-refractivity contribution in [1.82, 2.24) is 15.1 Å². The molecule has 0 bridgehead atoms. The van der Waals surface area contributed by atoms with Gasteiger partial charge in [-0.3, -0.25) is 19.2 Å². The fraction of sp³-hybridized carbons (Fsp3) is 0.429. The summed E-state index contributed by atoms with van der Waals surface area (Å²) in [5, 5.41) is 12.4. The number of likely N-dealkylation sites (tertiary alicyclic amines) is 2. The smallest absolute Gasteiger partial charge is 0.246 e. The van der Waals surface area contributed by atoms with Crippen molar-refractivity contribution >= 4 is 23.6 Å². The number of hydrogen-bond donors (Lipinski definition) is 4. The molecule has 2 fully saturated rings. The number of phenols is 1. The van der Waals surface area contributed by atoms with Crippen molar-refractivity contribution in [2.45, 2.75) is 62.7 Å². The highest BCUT2D eigenvalue weighted by Crippen LogP contribution is 2.22. The molecule has 2 saturated heterocycles. The van der Waals surface area contributed by atoms with Gasteiger partial charge in [0, 0.05) is 19.5 Å². The molecule has 38 heavy (non-hydrogen) atoms. The van der Waals surface area contributed by atoms with Crippen molar-refractivity contribution < 1.29 is 24.3 Å². The number of hydrogen-bond acceptors (Lipinski definition) is 6. The van der Waals surface area contributed by atoms with E-state index in [4.69, 9.17) is 11.5 Å². The lowest BCUT2D eigenvalue weighted by atomic mass is 10.0. The third kappa shape index (κ3) is 6.31. The number of phenolic OH excluding ortho intramolecular Hbond substituents is 1. The van der Waals surface area contributed by atoms with E-state index in [9.17, 15) is 24.3 Å². The number of amides is 4. The summed E-state index contributed by atoms with van der Waals surface area (Å²) in [4.78, 5) is 55.1. The maximum atomic E-state index is 13.6. The Morgan fingerprint density at radius 2 is 1.42 bits per heavy atom. The van der Waals surface area contributed by atoms with Gasteiger partial charge in [-0.05, 0) is 55.4 Å². The van der Waals surface area contributed by atoms with Gasteiger partial charge in [0.05, 0.1) is 6.04 Å². The van der Waals surface area contributed by atoms with Crippen LogP contribution in [0.25, 0.3) is 0 Å². The second-order valence-electron chi connectivity index (χ2n) is 10.0. The molecule has 2 aliphatic rings. The van der Waals surface area contributed by atoms with E-state index in [1.54, 1.807) is 12.1 Å².